The van der Waals surface area contributed by atoms with Gasteiger partial charge in [-0.15, -0.1) is 0 Å². The van der Waals surface area contributed by atoms with Gasteiger partial charge in [-0.25, -0.2) is 0 Å². The zero-order valence-corrected chi connectivity index (χ0v) is 16.9. The minimum absolute atomic E-state index is 0.0845. The number of hydrogen-bond acceptors (Lipinski definition) is 3. The second-order valence-corrected chi connectivity index (χ2v) is 10.2. The van der Waals surface area contributed by atoms with Crippen LogP contribution in [0.3, 0.4) is 0 Å². The lowest BCUT2D eigenvalue weighted by Crippen LogP contribution is -2.48. The van der Waals surface area contributed by atoms with Crippen molar-refractivity contribution in [2.24, 2.45) is 28.6 Å². The predicted octanol–water partition coefficient (Wildman–Crippen LogP) is 4.12. The number of carbonyl (C=O) groups excluding carboxylic acids is 2. The van der Waals surface area contributed by atoms with Crippen LogP contribution in [0.1, 0.15) is 84.5 Å². The van der Waals surface area contributed by atoms with Gasteiger partial charge in [-0.05, 0) is 80.0 Å². The van der Waals surface area contributed by atoms with Crippen LogP contribution in [0.25, 0.3) is 0 Å². The summed E-state index contributed by atoms with van der Waals surface area (Å²) in [6.45, 7) is 5.25. The predicted molar refractivity (Wildman–Crippen MR) is 105 cm³/mol. The summed E-state index contributed by atoms with van der Waals surface area (Å²) in [5.41, 5.74) is 3.18. The summed E-state index contributed by atoms with van der Waals surface area (Å²) in [7, 11) is 0. The second-order valence-electron chi connectivity index (χ2n) is 10.2. The number of carbonyl (C=O) groups is 2. The summed E-state index contributed by atoms with van der Waals surface area (Å²) in [4.78, 5) is 20.4. The highest BCUT2D eigenvalue weighted by molar-refractivity contribution is 6.04. The van der Waals surface area contributed by atoms with Gasteiger partial charge in [-0.3, -0.25) is 14.9 Å². The molecule has 0 spiro atoms. The van der Waals surface area contributed by atoms with E-state index in [1.54, 1.807) is 0 Å². The number of aliphatic hydroxyl groups is 1. The number of hydrogen-bond donors (Lipinski definition) is 2. The number of nitrogens with one attached hydrogen (secondary N) is 1. The highest BCUT2D eigenvalue weighted by Crippen LogP contribution is 2.64. The van der Waals surface area contributed by atoms with Crippen LogP contribution >= 0.6 is 0 Å². The third kappa shape index (κ3) is 3.28. The number of rotatable bonds is 0. The zero-order valence-electron chi connectivity index (χ0n) is 16.9. The Hall–Kier alpha value is -1.16. The molecule has 0 radical (unpaired) electrons. The molecule has 4 nitrogen and oxygen atoms in total. The molecule has 1 unspecified atom stereocenters. The van der Waals surface area contributed by atoms with Crippen LogP contribution in [-0.4, -0.2) is 23.0 Å². The van der Waals surface area contributed by atoms with Crippen LogP contribution in [0.15, 0.2) is 11.6 Å². The molecule has 0 bridgehead atoms. The molecule has 5 aliphatic rings. The maximum absolute atomic E-state index is 10.2. The molecule has 4 aliphatic carbocycles. The summed E-state index contributed by atoms with van der Waals surface area (Å²) < 4.78 is 0. The molecular formula is C23H35NO3. The van der Waals surface area contributed by atoms with Crippen molar-refractivity contribution >= 4 is 11.8 Å². The molecule has 3 saturated carbocycles. The third-order valence-corrected chi connectivity index (χ3v) is 8.74. The van der Waals surface area contributed by atoms with Crippen molar-refractivity contribution in [1.29, 1.82) is 0 Å². The van der Waals surface area contributed by atoms with Crippen LogP contribution in [0.2, 0.25) is 0 Å². The lowest BCUT2D eigenvalue weighted by atomic mass is 9.48. The minimum Gasteiger partial charge on any atom is -0.383 e. The second kappa shape index (κ2) is 7.02. The Morgan fingerprint density at radius 3 is 2.52 bits per heavy atom. The Balaban J connectivity index is 0.000000190. The quantitative estimate of drug-likeness (QED) is 0.496. The first kappa shape index (κ1) is 19.2. The first-order valence-electron chi connectivity index (χ1n) is 11.0. The van der Waals surface area contributed by atoms with Crippen molar-refractivity contribution in [2.75, 3.05) is 0 Å². The van der Waals surface area contributed by atoms with E-state index in [1.165, 1.54) is 64.2 Å². The molecule has 1 saturated heterocycles. The van der Waals surface area contributed by atoms with Crippen molar-refractivity contribution in [3.63, 3.8) is 0 Å². The summed E-state index contributed by atoms with van der Waals surface area (Å²) in [6, 6.07) is 0. The molecule has 1 heterocycles. The highest BCUT2D eigenvalue weighted by Gasteiger charge is 2.55. The topological polar surface area (TPSA) is 66.4 Å². The summed E-state index contributed by atoms with van der Waals surface area (Å²) in [5, 5.41) is 10.5. The van der Waals surface area contributed by atoms with Crippen LogP contribution in [0.4, 0.5) is 0 Å². The molecule has 6 atom stereocenters. The number of fused-ring (bicyclic) bond motifs is 5. The van der Waals surface area contributed by atoms with Crippen molar-refractivity contribution in [3.8, 4) is 0 Å². The standard InChI is InChI=1S/C19H30.C4H5NO3/c1-18-11-5-7-16(18)15-9-8-14-6-3-4-12-19(14,2)17(15)10-13-18;6-2-1-3(7)5-4(2)8/h8,15-17H,3-7,9-13H2,1-2H3;2,6H,1H2,(H,5,7,8)/t15-,16-,17-,18-,19-;/m0./s1. The summed E-state index contributed by atoms with van der Waals surface area (Å²) in [6.07, 6.45) is 16.4. The van der Waals surface area contributed by atoms with E-state index in [0.717, 1.165) is 23.2 Å². The Morgan fingerprint density at radius 1 is 1.04 bits per heavy atom. The molecule has 27 heavy (non-hydrogen) atoms. The van der Waals surface area contributed by atoms with Gasteiger partial charge in [-0.2, -0.15) is 0 Å². The maximum atomic E-state index is 10.2. The molecule has 2 N–H and O–H groups in total. The molecule has 150 valence electrons. The van der Waals surface area contributed by atoms with E-state index in [4.69, 9.17) is 5.11 Å². The zero-order chi connectivity index (χ0) is 19.2. The van der Waals surface area contributed by atoms with Gasteiger partial charge >= 0.3 is 0 Å². The maximum Gasteiger partial charge on any atom is 0.255 e. The fraction of sp³-hybridized carbons (Fsp3) is 0.826. The van der Waals surface area contributed by atoms with Gasteiger partial charge in [0.25, 0.3) is 5.91 Å². The van der Waals surface area contributed by atoms with E-state index in [2.05, 4.69) is 19.9 Å². The van der Waals surface area contributed by atoms with E-state index in [-0.39, 0.29) is 6.42 Å². The molecule has 0 aromatic carbocycles. The fourth-order valence-electron chi connectivity index (χ4n) is 7.23. The molecule has 0 aromatic rings. The molecule has 4 fully saturated rings. The SMILES string of the molecule is C[C@@]12CCC[C@H]1[C@@H]1CC=C3CCCC[C@]3(C)[C@H]1CC2.O=C1CC(O)C(=O)N1. The van der Waals surface area contributed by atoms with Gasteiger partial charge in [-0.1, -0.05) is 38.3 Å². The summed E-state index contributed by atoms with van der Waals surface area (Å²) >= 11 is 0. The highest BCUT2D eigenvalue weighted by atomic mass is 16.3. The van der Waals surface area contributed by atoms with Gasteiger partial charge in [0, 0.05) is 0 Å². The van der Waals surface area contributed by atoms with Crippen molar-refractivity contribution in [1.82, 2.24) is 5.32 Å². The molecule has 0 aromatic heterocycles. The van der Waals surface area contributed by atoms with Crippen LogP contribution in [0.5, 0.6) is 0 Å². The van der Waals surface area contributed by atoms with E-state index in [9.17, 15) is 9.59 Å². The molecule has 1 aliphatic heterocycles. The van der Waals surface area contributed by atoms with Gasteiger partial charge in [0.15, 0.2) is 0 Å². The monoisotopic (exact) mass is 373 g/mol. The van der Waals surface area contributed by atoms with Crippen molar-refractivity contribution in [2.45, 2.75) is 90.6 Å². The van der Waals surface area contributed by atoms with E-state index < -0.39 is 17.9 Å². The average molecular weight is 374 g/mol. The Kier molecular flexibility index (Phi) is 4.99. The van der Waals surface area contributed by atoms with Gasteiger partial charge in [0.1, 0.15) is 6.10 Å². The lowest BCUT2D eigenvalue weighted by Gasteiger charge is -2.56. The number of allylic oxidation sites excluding steroid dienone is 2. The fourth-order valence-corrected chi connectivity index (χ4v) is 7.23. The number of amides is 2. The van der Waals surface area contributed by atoms with Gasteiger partial charge < -0.3 is 5.11 Å². The van der Waals surface area contributed by atoms with Gasteiger partial charge in [0.05, 0.1) is 6.42 Å². The van der Waals surface area contributed by atoms with Crippen molar-refractivity contribution in [3.05, 3.63) is 11.6 Å². The Morgan fingerprint density at radius 2 is 1.85 bits per heavy atom. The van der Waals surface area contributed by atoms with Crippen LogP contribution in [-0.2, 0) is 9.59 Å². The van der Waals surface area contributed by atoms with E-state index >= 15 is 0 Å². The molecule has 2 amide bonds. The summed E-state index contributed by atoms with van der Waals surface area (Å²) in [5.74, 6) is 2.14. The molecule has 4 heteroatoms. The number of aliphatic hydroxyl groups excluding tert-OH is 1. The third-order valence-electron chi connectivity index (χ3n) is 8.74. The first-order chi connectivity index (χ1) is 12.8. The smallest absolute Gasteiger partial charge is 0.255 e. The van der Waals surface area contributed by atoms with E-state index in [0.29, 0.717) is 5.41 Å². The number of imide groups is 1. The average Bonchev–Trinajstić information content (AvgIpc) is 3.16. The van der Waals surface area contributed by atoms with Gasteiger partial charge in [0.2, 0.25) is 5.91 Å². The van der Waals surface area contributed by atoms with E-state index in [1.807, 2.05) is 10.9 Å². The van der Waals surface area contributed by atoms with Crippen molar-refractivity contribution < 1.29 is 14.7 Å². The molecule has 5 rings (SSSR count). The minimum atomic E-state index is -1.11. The van der Waals surface area contributed by atoms with Crippen LogP contribution in [0, 0.1) is 28.6 Å². The normalized spacial score (nSPS) is 45.7. The Labute approximate surface area is 163 Å². The Bertz CT molecular complexity index is 656. The lowest BCUT2D eigenvalue weighted by molar-refractivity contribution is -0.127. The molecular weight excluding hydrogens is 338 g/mol. The first-order valence-corrected chi connectivity index (χ1v) is 11.0. The van der Waals surface area contributed by atoms with Crippen LogP contribution < -0.4 is 5.32 Å². The largest absolute Gasteiger partial charge is 0.383 e.